The van der Waals surface area contributed by atoms with Crippen LogP contribution in [0, 0.1) is 0 Å². The molecule has 1 aliphatic rings. The summed E-state index contributed by atoms with van der Waals surface area (Å²) in [6.07, 6.45) is -3.60. The topological polar surface area (TPSA) is 63.4 Å². The molecule has 148 valence electrons. The molecule has 10 heteroatoms. The third kappa shape index (κ3) is 3.43. The Morgan fingerprint density at radius 3 is 2.79 bits per heavy atom. The van der Waals surface area contributed by atoms with E-state index in [0.717, 1.165) is 27.7 Å². The third-order valence-electron chi connectivity index (χ3n) is 4.66. The van der Waals surface area contributed by atoms with Crippen LogP contribution in [-0.4, -0.2) is 33.3 Å². The van der Waals surface area contributed by atoms with E-state index >= 15 is 0 Å². The minimum atomic E-state index is -4.64. The average molecular weight is 410 g/mol. The Kier molecular flexibility index (Phi) is 4.94. The molecule has 28 heavy (non-hydrogen) atoms. The summed E-state index contributed by atoms with van der Waals surface area (Å²) < 4.78 is 46.9. The van der Waals surface area contributed by atoms with E-state index < -0.39 is 18.5 Å². The molecule has 0 fully saturated rings. The maximum absolute atomic E-state index is 13.2. The molecule has 0 saturated carbocycles. The fraction of sp³-hybridized carbons (Fsp3) is 0.333. The van der Waals surface area contributed by atoms with Crippen molar-refractivity contribution in [3.05, 3.63) is 47.4 Å². The maximum Gasteiger partial charge on any atom is 0.433 e. The monoisotopic (exact) mass is 410 g/mol. The van der Waals surface area contributed by atoms with Gasteiger partial charge in [-0.3, -0.25) is 0 Å². The lowest BCUT2D eigenvalue weighted by atomic mass is 10.2. The molecular weight excluding hydrogens is 393 g/mol. The van der Waals surface area contributed by atoms with E-state index in [-0.39, 0.29) is 11.5 Å². The molecule has 6 nitrogen and oxygen atoms in total. The van der Waals surface area contributed by atoms with E-state index in [9.17, 15) is 13.2 Å². The SMILES string of the molecule is COSc1ccc2cc3n(c2c1)CCN(c1ncc(CO)c(C(F)(F)F)n1)C3. The number of alkyl halides is 3. The zero-order valence-corrected chi connectivity index (χ0v) is 15.7. The average Bonchev–Trinajstić information content (AvgIpc) is 3.04. The molecule has 1 aliphatic heterocycles. The zero-order valence-electron chi connectivity index (χ0n) is 14.9. The normalized spacial score (nSPS) is 14.5. The molecule has 0 saturated heterocycles. The van der Waals surface area contributed by atoms with Crippen molar-refractivity contribution in [1.29, 1.82) is 0 Å². The van der Waals surface area contributed by atoms with Crippen LogP contribution in [0.1, 0.15) is 17.0 Å². The van der Waals surface area contributed by atoms with Crippen LogP contribution in [0.15, 0.2) is 35.4 Å². The first-order valence-corrected chi connectivity index (χ1v) is 9.26. The van der Waals surface area contributed by atoms with Crippen LogP contribution < -0.4 is 4.90 Å². The number of anilines is 1. The lowest BCUT2D eigenvalue weighted by molar-refractivity contribution is -0.142. The van der Waals surface area contributed by atoms with Crippen molar-refractivity contribution < 1.29 is 22.5 Å². The molecule has 1 N–H and O–H groups in total. The Labute approximate surface area is 163 Å². The Morgan fingerprint density at radius 1 is 1.25 bits per heavy atom. The van der Waals surface area contributed by atoms with Gasteiger partial charge >= 0.3 is 6.18 Å². The van der Waals surface area contributed by atoms with Crippen LogP contribution in [0.5, 0.6) is 0 Å². The second kappa shape index (κ2) is 7.26. The van der Waals surface area contributed by atoms with Gasteiger partial charge in [0, 0.05) is 58.4 Å². The van der Waals surface area contributed by atoms with Gasteiger partial charge in [0.25, 0.3) is 0 Å². The van der Waals surface area contributed by atoms with Gasteiger partial charge in [-0.2, -0.15) is 13.2 Å². The van der Waals surface area contributed by atoms with Crippen LogP contribution in [0.4, 0.5) is 19.1 Å². The van der Waals surface area contributed by atoms with Crippen LogP contribution in [0.2, 0.25) is 0 Å². The Morgan fingerprint density at radius 2 is 2.07 bits per heavy atom. The summed E-state index contributed by atoms with van der Waals surface area (Å²) in [7, 11) is 1.61. The standard InChI is InChI=1S/C18H17F3N4O2S/c1-27-28-14-3-2-11-6-13-9-24(4-5-25(13)15(11)7-14)17-22-8-12(10-26)16(23-17)18(19,20)21/h2-3,6-8,26H,4-5,9-10H2,1H3. The number of aliphatic hydroxyl groups is 1. The number of aliphatic hydroxyl groups excluding tert-OH is 1. The lowest BCUT2D eigenvalue weighted by Gasteiger charge is -2.29. The van der Waals surface area contributed by atoms with Gasteiger partial charge in [0.05, 0.1) is 20.3 Å². The van der Waals surface area contributed by atoms with Gasteiger partial charge in [-0.1, -0.05) is 6.07 Å². The summed E-state index contributed by atoms with van der Waals surface area (Å²) in [4.78, 5) is 10.4. The molecule has 0 amide bonds. The summed E-state index contributed by atoms with van der Waals surface area (Å²) >= 11 is 1.28. The highest BCUT2D eigenvalue weighted by Gasteiger charge is 2.36. The highest BCUT2D eigenvalue weighted by molar-refractivity contribution is 7.94. The van der Waals surface area contributed by atoms with E-state index in [1.807, 2.05) is 24.3 Å². The molecule has 2 aromatic heterocycles. The van der Waals surface area contributed by atoms with Gasteiger partial charge in [-0.25, -0.2) is 9.97 Å². The van der Waals surface area contributed by atoms with Crippen molar-refractivity contribution in [3.8, 4) is 0 Å². The predicted molar refractivity (Wildman–Crippen MR) is 98.8 cm³/mol. The quantitative estimate of drug-likeness (QED) is 0.663. The third-order valence-corrected chi connectivity index (χ3v) is 5.27. The molecule has 1 aromatic carbocycles. The lowest BCUT2D eigenvalue weighted by Crippen LogP contribution is -2.35. The van der Waals surface area contributed by atoms with E-state index in [0.29, 0.717) is 19.6 Å². The van der Waals surface area contributed by atoms with Crippen molar-refractivity contribution in [1.82, 2.24) is 14.5 Å². The van der Waals surface area contributed by atoms with Crippen molar-refractivity contribution >= 4 is 28.9 Å². The summed E-state index contributed by atoms with van der Waals surface area (Å²) in [5, 5.41) is 10.2. The predicted octanol–water partition coefficient (Wildman–Crippen LogP) is 3.62. The second-order valence-electron chi connectivity index (χ2n) is 6.38. The summed E-state index contributed by atoms with van der Waals surface area (Å²) in [6, 6.07) is 8.03. The van der Waals surface area contributed by atoms with Gasteiger partial charge in [0.1, 0.15) is 0 Å². The van der Waals surface area contributed by atoms with Gasteiger partial charge < -0.3 is 18.8 Å². The minimum absolute atomic E-state index is 0.0108. The highest BCUT2D eigenvalue weighted by Crippen LogP contribution is 2.33. The highest BCUT2D eigenvalue weighted by atomic mass is 32.2. The second-order valence-corrected chi connectivity index (χ2v) is 7.35. The fourth-order valence-corrected chi connectivity index (χ4v) is 3.89. The molecule has 0 atom stereocenters. The molecule has 4 rings (SSSR count). The van der Waals surface area contributed by atoms with E-state index in [2.05, 4.69) is 14.5 Å². The molecule has 0 unspecified atom stereocenters. The molecule has 0 spiro atoms. The number of benzene rings is 1. The van der Waals surface area contributed by atoms with Crippen LogP contribution in [0.25, 0.3) is 10.9 Å². The first-order chi connectivity index (χ1) is 13.4. The van der Waals surface area contributed by atoms with Crippen LogP contribution >= 0.6 is 12.0 Å². The first kappa shape index (κ1) is 19.0. The number of halogens is 3. The van der Waals surface area contributed by atoms with Crippen LogP contribution in [-0.2, 0) is 30.1 Å². The minimum Gasteiger partial charge on any atom is -0.392 e. The Bertz CT molecular complexity index is 1020. The van der Waals surface area contributed by atoms with Crippen molar-refractivity contribution in [2.75, 3.05) is 18.6 Å². The largest absolute Gasteiger partial charge is 0.433 e. The Balaban J connectivity index is 1.67. The van der Waals surface area contributed by atoms with E-state index in [1.165, 1.54) is 12.0 Å². The molecule has 3 heterocycles. The van der Waals surface area contributed by atoms with Gasteiger partial charge in [0.2, 0.25) is 5.95 Å². The van der Waals surface area contributed by atoms with E-state index in [4.69, 9.17) is 9.29 Å². The van der Waals surface area contributed by atoms with Gasteiger partial charge in [-0.15, -0.1) is 0 Å². The summed E-state index contributed by atoms with van der Waals surface area (Å²) in [6.45, 7) is 0.725. The molecule has 0 radical (unpaired) electrons. The van der Waals surface area contributed by atoms with Crippen LogP contribution in [0.3, 0.4) is 0 Å². The summed E-state index contributed by atoms with van der Waals surface area (Å²) in [5.41, 5.74) is 0.617. The number of aromatic nitrogens is 3. The number of nitrogens with zero attached hydrogens (tertiary/aromatic N) is 4. The number of hydrogen-bond acceptors (Lipinski definition) is 6. The molecule has 0 aliphatic carbocycles. The van der Waals surface area contributed by atoms with Crippen molar-refractivity contribution in [2.45, 2.75) is 30.8 Å². The summed E-state index contributed by atoms with van der Waals surface area (Å²) in [5.74, 6) is 0.0108. The smallest absolute Gasteiger partial charge is 0.392 e. The number of rotatable bonds is 4. The molecule has 0 bridgehead atoms. The molecule has 3 aromatic rings. The van der Waals surface area contributed by atoms with Crippen molar-refractivity contribution in [3.63, 3.8) is 0 Å². The Hall–Kier alpha value is -2.30. The molecular formula is C18H17F3N4O2S. The number of fused-ring (bicyclic) bond motifs is 3. The maximum atomic E-state index is 13.2. The zero-order chi connectivity index (χ0) is 19.9. The van der Waals surface area contributed by atoms with Gasteiger partial charge in [-0.05, 0) is 18.2 Å². The fourth-order valence-electron chi connectivity index (χ4n) is 3.41. The van der Waals surface area contributed by atoms with Gasteiger partial charge in [0.15, 0.2) is 5.69 Å². The van der Waals surface area contributed by atoms with Crippen molar-refractivity contribution in [2.24, 2.45) is 0 Å². The van der Waals surface area contributed by atoms with E-state index in [1.54, 1.807) is 12.0 Å². The number of hydrogen-bond donors (Lipinski definition) is 1. The first-order valence-electron chi connectivity index (χ1n) is 8.52.